The van der Waals surface area contributed by atoms with Gasteiger partial charge in [0.1, 0.15) is 6.10 Å². The second kappa shape index (κ2) is 7.76. The third-order valence-electron chi connectivity index (χ3n) is 6.12. The number of hydrogen-bond acceptors (Lipinski definition) is 3. The zero-order chi connectivity index (χ0) is 18.8. The molecule has 0 bridgehead atoms. The fourth-order valence-electron chi connectivity index (χ4n) is 4.21. The van der Waals surface area contributed by atoms with E-state index in [-0.39, 0.29) is 29.8 Å². The molecule has 0 radical (unpaired) electrons. The highest BCUT2D eigenvalue weighted by Crippen LogP contribution is 2.47. The molecule has 5 unspecified atom stereocenters. The molecule has 0 saturated heterocycles. The van der Waals surface area contributed by atoms with Crippen molar-refractivity contribution >= 4 is 11.9 Å². The van der Waals surface area contributed by atoms with Crippen molar-refractivity contribution in [1.29, 1.82) is 0 Å². The Hall–Kier alpha value is -1.58. The van der Waals surface area contributed by atoms with Crippen molar-refractivity contribution < 1.29 is 19.4 Å². The molecule has 1 saturated carbocycles. The van der Waals surface area contributed by atoms with E-state index < -0.39 is 17.3 Å². The van der Waals surface area contributed by atoms with Gasteiger partial charge in [0.05, 0.1) is 11.3 Å². The Morgan fingerprint density at radius 3 is 2.52 bits per heavy atom. The lowest BCUT2D eigenvalue weighted by Gasteiger charge is -2.46. The summed E-state index contributed by atoms with van der Waals surface area (Å²) in [6.07, 6.45) is 10.3. The quantitative estimate of drug-likeness (QED) is 0.588. The minimum absolute atomic E-state index is 0.0441. The zero-order valence-corrected chi connectivity index (χ0v) is 16.1. The number of hydrogen-bond donors (Lipinski definition) is 1. The Balaban J connectivity index is 2.33. The summed E-state index contributed by atoms with van der Waals surface area (Å²) >= 11 is 0. The average Bonchev–Trinajstić information content (AvgIpc) is 2.55. The summed E-state index contributed by atoms with van der Waals surface area (Å²) in [7, 11) is 0. The molecule has 2 rings (SSSR count). The zero-order valence-electron chi connectivity index (χ0n) is 16.1. The number of allylic oxidation sites excluding steroid dienone is 4. The van der Waals surface area contributed by atoms with Crippen LogP contribution in [0.25, 0.3) is 0 Å². The highest BCUT2D eigenvalue weighted by atomic mass is 16.5. The largest absolute Gasteiger partial charge is 0.481 e. The van der Waals surface area contributed by atoms with Crippen LogP contribution in [-0.2, 0) is 14.3 Å². The van der Waals surface area contributed by atoms with Crippen LogP contribution in [0.3, 0.4) is 0 Å². The van der Waals surface area contributed by atoms with Gasteiger partial charge < -0.3 is 9.84 Å². The van der Waals surface area contributed by atoms with E-state index in [9.17, 15) is 14.7 Å². The van der Waals surface area contributed by atoms with Gasteiger partial charge in [-0.2, -0.15) is 0 Å². The van der Waals surface area contributed by atoms with Crippen LogP contribution in [0.2, 0.25) is 0 Å². The molecule has 0 spiro atoms. The molecule has 0 aromatic rings. The van der Waals surface area contributed by atoms with E-state index in [0.717, 1.165) is 6.42 Å². The maximum absolute atomic E-state index is 12.7. The number of carbonyl (C=O) groups is 2. The van der Waals surface area contributed by atoms with Gasteiger partial charge >= 0.3 is 11.9 Å². The molecular formula is C21H32O4. The van der Waals surface area contributed by atoms with Crippen LogP contribution in [0.4, 0.5) is 0 Å². The first kappa shape index (κ1) is 19.7. The Labute approximate surface area is 151 Å². The molecule has 2 aliphatic carbocycles. The van der Waals surface area contributed by atoms with E-state index in [1.807, 2.05) is 46.8 Å². The molecule has 6 atom stereocenters. The molecule has 0 aromatic carbocycles. The number of rotatable bonds is 5. The molecule has 1 fully saturated rings. The molecule has 0 aliphatic heterocycles. The summed E-state index contributed by atoms with van der Waals surface area (Å²) in [4.78, 5) is 24.6. The lowest BCUT2D eigenvalue weighted by molar-refractivity contribution is -0.173. The minimum atomic E-state index is -0.785. The summed E-state index contributed by atoms with van der Waals surface area (Å²) in [5.41, 5.74) is -0.544. The first-order valence-corrected chi connectivity index (χ1v) is 9.46. The smallest absolute Gasteiger partial charge is 0.311 e. The number of esters is 1. The van der Waals surface area contributed by atoms with Crippen LogP contribution in [-0.4, -0.2) is 23.1 Å². The van der Waals surface area contributed by atoms with Crippen LogP contribution in [0.1, 0.15) is 53.9 Å². The molecule has 2 aliphatic rings. The van der Waals surface area contributed by atoms with E-state index in [2.05, 4.69) is 12.2 Å². The van der Waals surface area contributed by atoms with Gasteiger partial charge in [0.15, 0.2) is 0 Å². The van der Waals surface area contributed by atoms with E-state index in [4.69, 9.17) is 4.74 Å². The van der Waals surface area contributed by atoms with E-state index >= 15 is 0 Å². The van der Waals surface area contributed by atoms with Crippen LogP contribution in [0, 0.1) is 35.0 Å². The summed E-state index contributed by atoms with van der Waals surface area (Å²) in [6.45, 7) is 9.68. The first-order valence-electron chi connectivity index (χ1n) is 9.46. The van der Waals surface area contributed by atoms with Crippen molar-refractivity contribution in [3.8, 4) is 0 Å². The van der Waals surface area contributed by atoms with Gasteiger partial charge in [-0.1, -0.05) is 38.2 Å². The molecular weight excluding hydrogens is 316 g/mol. The molecule has 0 aromatic heterocycles. The Morgan fingerprint density at radius 2 is 1.96 bits per heavy atom. The van der Waals surface area contributed by atoms with Crippen molar-refractivity contribution in [3.63, 3.8) is 0 Å². The number of aliphatic carboxylic acids is 1. The highest BCUT2D eigenvalue weighted by Gasteiger charge is 2.49. The third-order valence-corrected chi connectivity index (χ3v) is 6.12. The van der Waals surface area contributed by atoms with Crippen LogP contribution < -0.4 is 0 Å². The molecule has 25 heavy (non-hydrogen) atoms. The van der Waals surface area contributed by atoms with Crippen molar-refractivity contribution in [2.75, 3.05) is 0 Å². The van der Waals surface area contributed by atoms with Crippen LogP contribution >= 0.6 is 0 Å². The van der Waals surface area contributed by atoms with E-state index in [1.54, 1.807) is 0 Å². The lowest BCUT2D eigenvalue weighted by atomic mass is 9.61. The van der Waals surface area contributed by atoms with Crippen molar-refractivity contribution in [3.05, 3.63) is 24.3 Å². The van der Waals surface area contributed by atoms with Gasteiger partial charge in [0.25, 0.3) is 0 Å². The number of ether oxygens (including phenoxy) is 1. The molecule has 0 amide bonds. The number of carbonyl (C=O) groups excluding carboxylic acids is 1. The van der Waals surface area contributed by atoms with Gasteiger partial charge in [-0.25, -0.2) is 0 Å². The van der Waals surface area contributed by atoms with E-state index in [0.29, 0.717) is 18.8 Å². The van der Waals surface area contributed by atoms with Gasteiger partial charge in [0, 0.05) is 5.92 Å². The Bertz CT molecular complexity index is 560. The summed E-state index contributed by atoms with van der Waals surface area (Å²) in [5.74, 6) is -1.22. The fourth-order valence-corrected chi connectivity index (χ4v) is 4.21. The number of carboxylic acids is 1. The topological polar surface area (TPSA) is 63.6 Å². The predicted molar refractivity (Wildman–Crippen MR) is 97.9 cm³/mol. The molecule has 4 nitrogen and oxygen atoms in total. The maximum atomic E-state index is 12.7. The molecule has 140 valence electrons. The van der Waals surface area contributed by atoms with Gasteiger partial charge in [-0.3, -0.25) is 9.59 Å². The predicted octanol–water partition coefficient (Wildman–Crippen LogP) is 4.46. The summed E-state index contributed by atoms with van der Waals surface area (Å²) in [5, 5.41) is 9.79. The van der Waals surface area contributed by atoms with Gasteiger partial charge in [-0.15, -0.1) is 0 Å². The summed E-state index contributed by atoms with van der Waals surface area (Å²) in [6, 6.07) is 0. The van der Waals surface area contributed by atoms with Gasteiger partial charge in [0.2, 0.25) is 0 Å². The summed E-state index contributed by atoms with van der Waals surface area (Å²) < 4.78 is 5.95. The van der Waals surface area contributed by atoms with Crippen molar-refractivity contribution in [2.24, 2.45) is 35.0 Å². The Morgan fingerprint density at radius 1 is 1.28 bits per heavy atom. The third kappa shape index (κ3) is 4.16. The standard InChI is InChI=1S/C21H32O4/c1-6-8-14-11-15-10-9-13(3)17(19(22)23)18(15)16(12-14)25-20(24)21(4,5)7-2/h6,8-10,13-18H,7,11-12H2,1-5H3,(H,22,23)/t13?,14?,15?,16?,17?,18-/m1/s1. The normalized spacial score (nSPS) is 35.4. The molecule has 0 heterocycles. The molecule has 1 N–H and O–H groups in total. The fraction of sp³-hybridized carbons (Fsp3) is 0.714. The van der Waals surface area contributed by atoms with Gasteiger partial charge in [-0.05, 0) is 57.8 Å². The average molecular weight is 348 g/mol. The Kier molecular flexibility index (Phi) is 6.12. The first-order chi connectivity index (χ1) is 11.7. The van der Waals surface area contributed by atoms with Crippen molar-refractivity contribution in [2.45, 2.75) is 60.0 Å². The monoisotopic (exact) mass is 348 g/mol. The lowest BCUT2D eigenvalue weighted by Crippen LogP contribution is -2.49. The highest BCUT2D eigenvalue weighted by molar-refractivity contribution is 5.76. The number of fused-ring (bicyclic) bond motifs is 1. The second-order valence-corrected chi connectivity index (χ2v) is 8.29. The van der Waals surface area contributed by atoms with E-state index in [1.165, 1.54) is 0 Å². The van der Waals surface area contributed by atoms with Crippen LogP contribution in [0.15, 0.2) is 24.3 Å². The number of carboxylic acid groups (broad SMARTS) is 1. The van der Waals surface area contributed by atoms with Crippen molar-refractivity contribution in [1.82, 2.24) is 0 Å². The second-order valence-electron chi connectivity index (χ2n) is 8.29. The minimum Gasteiger partial charge on any atom is -0.481 e. The maximum Gasteiger partial charge on any atom is 0.311 e. The SMILES string of the molecule is CC=CC1CC2C=CC(C)C(C(=O)O)[C@H]2C(OC(=O)C(C)(C)CC)C1. The van der Waals surface area contributed by atoms with Crippen LogP contribution in [0.5, 0.6) is 0 Å². The molecule has 4 heteroatoms.